The second-order valence-corrected chi connectivity index (χ2v) is 3.86. The summed E-state index contributed by atoms with van der Waals surface area (Å²) in [5.41, 5.74) is -0.0352. The number of nitrogens with zero attached hydrogens (tertiary/aromatic N) is 1. The van der Waals surface area contributed by atoms with E-state index in [4.69, 9.17) is 5.11 Å². The third-order valence-electron chi connectivity index (χ3n) is 2.47. The molecule has 1 aromatic heterocycles. The lowest BCUT2D eigenvalue weighted by molar-refractivity contribution is 0.0693. The molecule has 0 spiro atoms. The first-order chi connectivity index (χ1) is 9.47. The molecular formula is C13H9FN2O4. The molecule has 6 nitrogen and oxygen atoms in total. The summed E-state index contributed by atoms with van der Waals surface area (Å²) >= 11 is 0. The Morgan fingerprint density at radius 1 is 1.20 bits per heavy atom. The predicted molar refractivity (Wildman–Crippen MR) is 67.2 cm³/mol. The maximum absolute atomic E-state index is 12.9. The molecule has 0 saturated carbocycles. The van der Waals surface area contributed by atoms with E-state index in [2.05, 4.69) is 10.3 Å². The molecule has 0 fully saturated rings. The number of hydrogen-bond donors (Lipinski definition) is 3. The Hall–Kier alpha value is -2.96. The highest BCUT2D eigenvalue weighted by Gasteiger charge is 2.12. The first kappa shape index (κ1) is 13.5. The Labute approximate surface area is 112 Å². The Bertz CT molecular complexity index is 688. The van der Waals surface area contributed by atoms with E-state index >= 15 is 0 Å². The van der Waals surface area contributed by atoms with Crippen LogP contribution in [0.4, 0.5) is 10.1 Å². The van der Waals surface area contributed by atoms with Gasteiger partial charge in [0, 0.05) is 29.6 Å². The van der Waals surface area contributed by atoms with Gasteiger partial charge in [-0.15, -0.1) is 0 Å². The zero-order valence-corrected chi connectivity index (χ0v) is 10.0. The van der Waals surface area contributed by atoms with Crippen LogP contribution >= 0.6 is 0 Å². The first-order valence-electron chi connectivity index (χ1n) is 5.46. The molecule has 0 aliphatic rings. The van der Waals surface area contributed by atoms with Gasteiger partial charge in [0.15, 0.2) is 0 Å². The highest BCUT2D eigenvalue weighted by molar-refractivity contribution is 6.04. The summed E-state index contributed by atoms with van der Waals surface area (Å²) in [5, 5.41) is 20.6. The number of rotatable bonds is 3. The number of anilines is 1. The molecule has 0 saturated heterocycles. The van der Waals surface area contributed by atoms with Gasteiger partial charge < -0.3 is 15.5 Å². The molecule has 2 rings (SSSR count). The lowest BCUT2D eigenvalue weighted by atomic mass is 10.1. The number of aromatic nitrogens is 1. The number of aromatic carboxylic acids is 1. The second kappa shape index (κ2) is 5.35. The van der Waals surface area contributed by atoms with E-state index < -0.39 is 23.6 Å². The largest absolute Gasteiger partial charge is 0.507 e. The molecule has 0 unspecified atom stereocenters. The number of amides is 1. The number of carbonyl (C=O) groups is 2. The number of carboxylic acids is 1. The Balaban J connectivity index is 2.20. The molecule has 0 radical (unpaired) electrons. The van der Waals surface area contributed by atoms with Crippen LogP contribution in [0.1, 0.15) is 20.7 Å². The molecule has 1 heterocycles. The standard InChI is InChI=1S/C13H9FN2O4/c14-11-5-7(3-4-15-11)12(18)16-8-1-2-9(13(19)20)10(17)6-8/h1-6,17H,(H,16,18)(H,19,20). The number of pyridine rings is 1. The van der Waals surface area contributed by atoms with Gasteiger partial charge in [0.25, 0.3) is 5.91 Å². The molecule has 3 N–H and O–H groups in total. The number of hydrogen-bond acceptors (Lipinski definition) is 4. The highest BCUT2D eigenvalue weighted by Crippen LogP contribution is 2.22. The van der Waals surface area contributed by atoms with Crippen LogP contribution in [0.2, 0.25) is 0 Å². The maximum Gasteiger partial charge on any atom is 0.339 e. The van der Waals surface area contributed by atoms with Crippen LogP contribution in [0.25, 0.3) is 0 Å². The number of benzene rings is 1. The average Bonchev–Trinajstić information content (AvgIpc) is 2.38. The molecule has 0 aliphatic carbocycles. The quantitative estimate of drug-likeness (QED) is 0.743. The van der Waals surface area contributed by atoms with Crippen molar-refractivity contribution in [3.8, 4) is 5.75 Å². The van der Waals surface area contributed by atoms with Crippen molar-refractivity contribution in [3.05, 3.63) is 53.6 Å². The predicted octanol–water partition coefficient (Wildman–Crippen LogP) is 1.88. The molecule has 1 aromatic carbocycles. The summed E-state index contributed by atoms with van der Waals surface area (Å²) in [6, 6.07) is 5.85. The summed E-state index contributed by atoms with van der Waals surface area (Å²) in [4.78, 5) is 25.8. The number of aromatic hydroxyl groups is 1. The minimum absolute atomic E-state index is 0.0549. The molecule has 0 atom stereocenters. The number of phenols is 1. The van der Waals surface area contributed by atoms with E-state index in [-0.39, 0.29) is 16.8 Å². The summed E-state index contributed by atoms with van der Waals surface area (Å²) in [6.07, 6.45) is 1.15. The fraction of sp³-hybridized carbons (Fsp3) is 0. The van der Waals surface area contributed by atoms with Gasteiger partial charge in [-0.05, 0) is 18.2 Å². The van der Waals surface area contributed by atoms with Crippen molar-refractivity contribution in [2.75, 3.05) is 5.32 Å². The van der Waals surface area contributed by atoms with Gasteiger partial charge >= 0.3 is 5.97 Å². The zero-order chi connectivity index (χ0) is 14.7. The Morgan fingerprint density at radius 3 is 2.55 bits per heavy atom. The van der Waals surface area contributed by atoms with Crippen molar-refractivity contribution in [1.29, 1.82) is 0 Å². The number of halogens is 1. The number of carboxylic acid groups (broad SMARTS) is 1. The van der Waals surface area contributed by atoms with Crippen LogP contribution in [0.15, 0.2) is 36.5 Å². The average molecular weight is 276 g/mol. The lowest BCUT2D eigenvalue weighted by Gasteiger charge is -2.07. The van der Waals surface area contributed by atoms with Gasteiger partial charge in [0.1, 0.15) is 11.3 Å². The first-order valence-corrected chi connectivity index (χ1v) is 5.46. The lowest BCUT2D eigenvalue weighted by Crippen LogP contribution is -2.12. The maximum atomic E-state index is 12.9. The smallest absolute Gasteiger partial charge is 0.339 e. The molecule has 2 aromatic rings. The van der Waals surface area contributed by atoms with Crippen molar-refractivity contribution < 1.29 is 24.2 Å². The molecule has 0 bridgehead atoms. The molecule has 0 aliphatic heterocycles. The molecule has 1 amide bonds. The SMILES string of the molecule is O=C(Nc1ccc(C(=O)O)c(O)c1)c1ccnc(F)c1. The monoisotopic (exact) mass is 276 g/mol. The van der Waals surface area contributed by atoms with Gasteiger partial charge in [-0.3, -0.25) is 4.79 Å². The van der Waals surface area contributed by atoms with E-state index in [0.29, 0.717) is 0 Å². The Morgan fingerprint density at radius 2 is 1.95 bits per heavy atom. The Kier molecular flexibility index (Phi) is 3.60. The second-order valence-electron chi connectivity index (χ2n) is 3.86. The van der Waals surface area contributed by atoms with Crippen LogP contribution in [0.3, 0.4) is 0 Å². The summed E-state index contributed by atoms with van der Waals surface area (Å²) < 4.78 is 12.9. The number of nitrogens with one attached hydrogen (secondary N) is 1. The zero-order valence-electron chi connectivity index (χ0n) is 10.0. The van der Waals surface area contributed by atoms with Crippen LogP contribution in [0.5, 0.6) is 5.75 Å². The summed E-state index contributed by atoms with van der Waals surface area (Å²) in [5.74, 6) is -3.15. The van der Waals surface area contributed by atoms with Crippen molar-refractivity contribution in [2.45, 2.75) is 0 Å². The van der Waals surface area contributed by atoms with E-state index in [1.54, 1.807) is 0 Å². The highest BCUT2D eigenvalue weighted by atomic mass is 19.1. The van der Waals surface area contributed by atoms with Crippen LogP contribution < -0.4 is 5.32 Å². The molecule has 20 heavy (non-hydrogen) atoms. The molecule has 102 valence electrons. The minimum atomic E-state index is -1.28. The third kappa shape index (κ3) is 2.89. The van der Waals surface area contributed by atoms with Crippen molar-refractivity contribution in [2.24, 2.45) is 0 Å². The van der Waals surface area contributed by atoms with Gasteiger partial charge in [-0.2, -0.15) is 4.39 Å². The topological polar surface area (TPSA) is 99.5 Å². The van der Waals surface area contributed by atoms with Crippen molar-refractivity contribution in [1.82, 2.24) is 4.98 Å². The van der Waals surface area contributed by atoms with Gasteiger partial charge in [-0.25, -0.2) is 9.78 Å². The number of carbonyl (C=O) groups excluding carboxylic acids is 1. The van der Waals surface area contributed by atoms with Crippen molar-refractivity contribution >= 4 is 17.6 Å². The van der Waals surface area contributed by atoms with Gasteiger partial charge in [0.2, 0.25) is 5.95 Å². The van der Waals surface area contributed by atoms with E-state index in [0.717, 1.165) is 24.4 Å². The van der Waals surface area contributed by atoms with Crippen LogP contribution in [0, 0.1) is 5.95 Å². The van der Waals surface area contributed by atoms with Gasteiger partial charge in [0.05, 0.1) is 0 Å². The van der Waals surface area contributed by atoms with E-state index in [9.17, 15) is 19.1 Å². The van der Waals surface area contributed by atoms with Gasteiger partial charge in [-0.1, -0.05) is 0 Å². The third-order valence-corrected chi connectivity index (χ3v) is 2.47. The summed E-state index contributed by atoms with van der Waals surface area (Å²) in [7, 11) is 0. The van der Waals surface area contributed by atoms with Crippen LogP contribution in [-0.4, -0.2) is 27.1 Å². The summed E-state index contributed by atoms with van der Waals surface area (Å²) in [6.45, 7) is 0. The normalized spacial score (nSPS) is 10.1. The van der Waals surface area contributed by atoms with Crippen LogP contribution in [-0.2, 0) is 0 Å². The van der Waals surface area contributed by atoms with Crippen molar-refractivity contribution in [3.63, 3.8) is 0 Å². The van der Waals surface area contributed by atoms with E-state index in [1.807, 2.05) is 0 Å². The molecular weight excluding hydrogens is 267 g/mol. The minimum Gasteiger partial charge on any atom is -0.507 e. The van der Waals surface area contributed by atoms with E-state index in [1.165, 1.54) is 12.1 Å². The fourth-order valence-electron chi connectivity index (χ4n) is 1.54. The fourth-order valence-corrected chi connectivity index (χ4v) is 1.54. The molecule has 7 heteroatoms.